The second-order valence-corrected chi connectivity index (χ2v) is 27.7. The molecule has 0 aliphatic carbocycles. The summed E-state index contributed by atoms with van der Waals surface area (Å²) in [6, 6.07) is 99.0. The molecule has 0 atom stereocenters. The molecule has 0 amide bonds. The molecule has 0 N–H and O–H groups in total. The Kier molecular flexibility index (Phi) is 16.5. The Bertz CT molecular complexity index is 3730. The highest BCUT2D eigenvalue weighted by Crippen LogP contribution is 2.43. The van der Waals surface area contributed by atoms with Crippen molar-refractivity contribution in [3.63, 3.8) is 0 Å². The number of hydrogen-bond acceptors (Lipinski definition) is 2. The molecule has 0 aliphatic rings. The Balaban J connectivity index is 0.840. The largest absolute Gasteiger partial charge is 0.311 e. The van der Waals surface area contributed by atoms with Crippen molar-refractivity contribution in [2.24, 2.45) is 10.8 Å². The average molecular weight is 1120 g/mol. The van der Waals surface area contributed by atoms with Gasteiger partial charge in [-0.25, -0.2) is 0 Å². The number of hydrogen-bond donors (Lipinski definition) is 0. The van der Waals surface area contributed by atoms with Crippen LogP contribution in [-0.2, 0) is 10.8 Å². The molecule has 0 fully saturated rings. The normalized spacial score (nSPS) is 12.0. The van der Waals surface area contributed by atoms with Crippen LogP contribution in [0.4, 0.5) is 34.1 Å². The highest BCUT2D eigenvalue weighted by Gasteiger charge is 2.29. The van der Waals surface area contributed by atoms with Gasteiger partial charge in [0, 0.05) is 34.1 Å². The lowest BCUT2D eigenvalue weighted by atomic mass is 9.72. The molecule has 2 heteroatoms. The van der Waals surface area contributed by atoms with E-state index in [4.69, 9.17) is 0 Å². The van der Waals surface area contributed by atoms with E-state index in [0.29, 0.717) is 0 Å². The molecule has 430 valence electrons. The van der Waals surface area contributed by atoms with Gasteiger partial charge in [0.1, 0.15) is 0 Å². The molecule has 0 radical (unpaired) electrons. The average Bonchev–Trinajstić information content (AvgIpc) is 1.90. The molecular weight excluding hydrogens is 1040 g/mol. The second-order valence-electron chi connectivity index (χ2n) is 27.7. The Morgan fingerprint density at radius 2 is 0.337 bits per heavy atom. The highest BCUT2D eigenvalue weighted by molar-refractivity contribution is 5.84. The van der Waals surface area contributed by atoms with E-state index in [1.165, 1.54) is 89.0 Å². The van der Waals surface area contributed by atoms with Gasteiger partial charge in [-0.1, -0.05) is 274 Å². The predicted molar refractivity (Wildman–Crippen MR) is 372 cm³/mol. The van der Waals surface area contributed by atoms with Gasteiger partial charge >= 0.3 is 0 Å². The van der Waals surface area contributed by atoms with Crippen LogP contribution in [0.2, 0.25) is 0 Å². The van der Waals surface area contributed by atoms with E-state index in [-0.39, 0.29) is 21.7 Å². The van der Waals surface area contributed by atoms with Gasteiger partial charge in [0.2, 0.25) is 0 Å². The van der Waals surface area contributed by atoms with Crippen LogP contribution in [0.3, 0.4) is 0 Å². The maximum Gasteiger partial charge on any atom is 0.0462 e. The van der Waals surface area contributed by atoms with Crippen LogP contribution >= 0.6 is 0 Å². The first-order valence-electron chi connectivity index (χ1n) is 30.8. The van der Waals surface area contributed by atoms with E-state index >= 15 is 0 Å². The van der Waals surface area contributed by atoms with Crippen molar-refractivity contribution in [1.29, 1.82) is 0 Å². The van der Waals surface area contributed by atoms with Crippen molar-refractivity contribution in [1.82, 2.24) is 0 Å². The van der Waals surface area contributed by atoms with Crippen molar-refractivity contribution in [3.05, 3.63) is 289 Å². The van der Waals surface area contributed by atoms with Gasteiger partial charge < -0.3 is 9.80 Å². The number of anilines is 6. The van der Waals surface area contributed by atoms with Crippen LogP contribution in [0.25, 0.3) is 66.8 Å². The van der Waals surface area contributed by atoms with Gasteiger partial charge in [-0.15, -0.1) is 0 Å². The number of rotatable bonds is 16. The predicted octanol–water partition coefficient (Wildman–Crippen LogP) is 24.7. The lowest BCUT2D eigenvalue weighted by molar-refractivity contribution is 0.283. The maximum atomic E-state index is 2.36. The van der Waals surface area contributed by atoms with Gasteiger partial charge in [-0.2, -0.15) is 0 Å². The third-order valence-corrected chi connectivity index (χ3v) is 17.0. The summed E-state index contributed by atoms with van der Waals surface area (Å²) in [7, 11) is 0. The van der Waals surface area contributed by atoms with Crippen LogP contribution in [0, 0.1) is 24.7 Å². The number of benzene rings is 11. The summed E-state index contributed by atoms with van der Waals surface area (Å²) in [5.41, 5.74) is 27.0. The van der Waals surface area contributed by atoms with Crippen molar-refractivity contribution in [2.45, 2.75) is 107 Å². The number of nitrogens with zero attached hydrogens (tertiary/aromatic N) is 2. The first kappa shape index (κ1) is 58.8. The van der Waals surface area contributed by atoms with Crippen molar-refractivity contribution in [3.8, 4) is 66.8 Å². The number of aryl methyl sites for hydroxylation is 2. The monoisotopic (exact) mass is 1120 g/mol. The smallest absolute Gasteiger partial charge is 0.0462 e. The maximum absolute atomic E-state index is 2.36. The summed E-state index contributed by atoms with van der Waals surface area (Å²) in [6.07, 6.45) is 2.24. The summed E-state index contributed by atoms with van der Waals surface area (Å²) in [4.78, 5) is 4.73. The van der Waals surface area contributed by atoms with Gasteiger partial charge in [0.15, 0.2) is 0 Å². The first-order chi connectivity index (χ1) is 41.1. The minimum absolute atomic E-state index is 0.0968. The molecule has 0 spiro atoms. The second kappa shape index (κ2) is 24.2. The van der Waals surface area contributed by atoms with Crippen LogP contribution in [0.15, 0.2) is 267 Å². The van der Waals surface area contributed by atoms with Gasteiger partial charge in [-0.3, -0.25) is 0 Å². The lowest BCUT2D eigenvalue weighted by Crippen LogP contribution is -2.24. The summed E-state index contributed by atoms with van der Waals surface area (Å²) in [6.45, 7) is 27.7. The summed E-state index contributed by atoms with van der Waals surface area (Å²) < 4.78 is 0. The Morgan fingerprint density at radius 3 is 0.500 bits per heavy atom. The fourth-order valence-electron chi connectivity index (χ4n) is 13.1. The molecule has 0 unspecified atom stereocenters. The fourth-order valence-corrected chi connectivity index (χ4v) is 13.1. The third-order valence-electron chi connectivity index (χ3n) is 17.0. The van der Waals surface area contributed by atoms with E-state index in [1.54, 1.807) is 0 Å². The molecule has 2 nitrogen and oxygen atoms in total. The molecular formula is C84H84N2. The highest BCUT2D eigenvalue weighted by atomic mass is 15.1. The molecule has 11 rings (SSSR count). The summed E-state index contributed by atoms with van der Waals surface area (Å²) in [5.74, 6) is 0. The van der Waals surface area contributed by atoms with Crippen LogP contribution < -0.4 is 9.80 Å². The SMILES string of the molecule is Cc1ccc(-c2ccc(N(c3ccc(-c4ccc(-c5ccc(N(c6ccc(-c7ccc(C)cc7)cc6)c6ccc(-c7ccc(C(C)(C)CC(C)(C)C)cc7)cc6)cc5)cc4)cc3)c3ccc(-c4ccc(C(C)(C)CC(C)(C)C)cc4)cc3)cc2)cc1. The molecule has 86 heavy (non-hydrogen) atoms. The zero-order chi connectivity index (χ0) is 60.4. The Labute approximate surface area is 514 Å². The first-order valence-corrected chi connectivity index (χ1v) is 30.8. The van der Waals surface area contributed by atoms with Crippen molar-refractivity contribution in [2.75, 3.05) is 9.80 Å². The van der Waals surface area contributed by atoms with Crippen molar-refractivity contribution >= 4 is 34.1 Å². The molecule has 0 heterocycles. The van der Waals surface area contributed by atoms with E-state index in [0.717, 1.165) is 47.0 Å². The van der Waals surface area contributed by atoms with Crippen LogP contribution in [-0.4, -0.2) is 0 Å². The van der Waals surface area contributed by atoms with Gasteiger partial charge in [-0.05, 0) is 199 Å². The summed E-state index contributed by atoms with van der Waals surface area (Å²) in [5, 5.41) is 0. The van der Waals surface area contributed by atoms with E-state index in [2.05, 4.69) is 360 Å². The molecule has 0 aliphatic heterocycles. The standard InChI is InChI=1S/C84H84N2/c1-59-13-17-61(18-14-59)67-29-45-75(46-30-67)85(79-53-37-71(38-54-79)65-25-41-73(42-26-65)83(9,10)57-81(3,4)5)77-49-33-69(34-50-77)63-21-23-64(24-22-63)70-35-51-78(52-36-70)86(76-47-31-68(32-48-76)62-19-15-60(2)16-20-62)80-55-39-72(40-56-80)66-27-43-74(44-28-66)84(11,12)58-82(6,7)8/h13-56H,57-58H2,1-12H3. The van der Waals surface area contributed by atoms with E-state index in [9.17, 15) is 0 Å². The van der Waals surface area contributed by atoms with Gasteiger partial charge in [0.25, 0.3) is 0 Å². The fraction of sp³-hybridized carbons (Fsp3) is 0.214. The van der Waals surface area contributed by atoms with Crippen LogP contribution in [0.1, 0.15) is 104 Å². The Morgan fingerprint density at radius 1 is 0.198 bits per heavy atom. The summed E-state index contributed by atoms with van der Waals surface area (Å²) >= 11 is 0. The molecule has 0 saturated carbocycles. The minimum atomic E-state index is 0.0968. The van der Waals surface area contributed by atoms with Crippen molar-refractivity contribution < 1.29 is 0 Å². The van der Waals surface area contributed by atoms with E-state index in [1.807, 2.05) is 0 Å². The van der Waals surface area contributed by atoms with Gasteiger partial charge in [0.05, 0.1) is 0 Å². The zero-order valence-electron chi connectivity index (χ0n) is 52.7. The third kappa shape index (κ3) is 13.7. The van der Waals surface area contributed by atoms with E-state index < -0.39 is 0 Å². The van der Waals surface area contributed by atoms with Crippen LogP contribution in [0.5, 0.6) is 0 Å². The molecule has 0 saturated heterocycles. The quantitative estimate of drug-likeness (QED) is 0.0951. The lowest BCUT2D eigenvalue weighted by Gasteiger charge is -2.33. The minimum Gasteiger partial charge on any atom is -0.311 e. The topological polar surface area (TPSA) is 6.48 Å². The molecule has 0 bridgehead atoms. The molecule has 0 aromatic heterocycles. The zero-order valence-corrected chi connectivity index (χ0v) is 52.7. The molecule has 11 aromatic rings. The molecule has 11 aromatic carbocycles. The Hall–Kier alpha value is -8.98.